The van der Waals surface area contributed by atoms with E-state index < -0.39 is 10.1 Å². The average molecular weight is 351 g/mol. The summed E-state index contributed by atoms with van der Waals surface area (Å²) in [4.78, 5) is 0. The molecule has 3 nitrogen and oxygen atoms in total. The molecule has 4 atom stereocenters. The molecule has 134 valence electrons. The Hall–Kier alpha value is -1.03. The van der Waals surface area contributed by atoms with Crippen molar-refractivity contribution in [2.24, 2.45) is 11.8 Å². The third-order valence-corrected chi connectivity index (χ3v) is 7.84. The van der Waals surface area contributed by atoms with Gasteiger partial charge in [0.25, 0.3) is 0 Å². The lowest BCUT2D eigenvalue weighted by Gasteiger charge is -2.38. The smallest absolute Gasteiger partial charge is 0.312 e. The summed E-state index contributed by atoms with van der Waals surface area (Å²) in [6.07, 6.45) is 8.72. The standard InChI is InChI=1S/C20H30O3S/c1-3-15(2)16-8-11-19(12-9-16)23-24(21,22)20-13-10-17-6-4-5-7-18(17)14-20/h8-9,11-12,15,17-18,20H,3-7,10,13-14H2,1-2H3. The summed E-state index contributed by atoms with van der Waals surface area (Å²) >= 11 is 0. The summed E-state index contributed by atoms with van der Waals surface area (Å²) < 4.78 is 30.8. The Labute approximate surface area is 146 Å². The van der Waals surface area contributed by atoms with Gasteiger partial charge in [-0.2, -0.15) is 8.42 Å². The molecule has 0 N–H and O–H groups in total. The maximum Gasteiger partial charge on any atom is 0.312 e. The van der Waals surface area contributed by atoms with Gasteiger partial charge in [0, 0.05) is 0 Å². The van der Waals surface area contributed by atoms with Crippen molar-refractivity contribution in [2.45, 2.75) is 76.4 Å². The van der Waals surface area contributed by atoms with Gasteiger partial charge in [-0.1, -0.05) is 51.7 Å². The van der Waals surface area contributed by atoms with Crippen molar-refractivity contribution in [3.8, 4) is 5.75 Å². The molecule has 0 saturated heterocycles. The van der Waals surface area contributed by atoms with Crippen LogP contribution in [-0.2, 0) is 10.1 Å². The number of rotatable bonds is 5. The second-order valence-corrected chi connectivity index (χ2v) is 9.51. The van der Waals surface area contributed by atoms with Crippen LogP contribution in [-0.4, -0.2) is 13.7 Å². The summed E-state index contributed by atoms with van der Waals surface area (Å²) in [7, 11) is -3.53. The van der Waals surface area contributed by atoms with E-state index in [0.29, 0.717) is 17.6 Å². The first-order chi connectivity index (χ1) is 11.5. The topological polar surface area (TPSA) is 43.4 Å². The maximum atomic E-state index is 12.7. The zero-order chi connectivity index (χ0) is 17.2. The molecule has 2 fully saturated rings. The van der Waals surface area contributed by atoms with Crippen LogP contribution in [0, 0.1) is 11.8 Å². The van der Waals surface area contributed by atoms with Crippen LogP contribution in [0.4, 0.5) is 0 Å². The Kier molecular flexibility index (Phi) is 5.53. The van der Waals surface area contributed by atoms with Crippen molar-refractivity contribution < 1.29 is 12.6 Å². The molecule has 0 amide bonds. The molecule has 0 aromatic heterocycles. The minimum absolute atomic E-state index is 0.328. The van der Waals surface area contributed by atoms with E-state index in [-0.39, 0.29) is 5.25 Å². The highest BCUT2D eigenvalue weighted by Gasteiger charge is 2.38. The van der Waals surface area contributed by atoms with E-state index in [1.54, 1.807) is 12.1 Å². The molecule has 0 radical (unpaired) electrons. The molecule has 3 rings (SSSR count). The van der Waals surface area contributed by atoms with Crippen molar-refractivity contribution in [2.75, 3.05) is 0 Å². The molecule has 1 aromatic carbocycles. The second kappa shape index (κ2) is 7.47. The predicted molar refractivity (Wildman–Crippen MR) is 97.8 cm³/mol. The molecule has 24 heavy (non-hydrogen) atoms. The van der Waals surface area contributed by atoms with Gasteiger partial charge in [-0.15, -0.1) is 0 Å². The number of benzene rings is 1. The highest BCUT2D eigenvalue weighted by Crippen LogP contribution is 2.42. The van der Waals surface area contributed by atoms with Crippen LogP contribution >= 0.6 is 0 Å². The van der Waals surface area contributed by atoms with Gasteiger partial charge in [0.15, 0.2) is 0 Å². The molecule has 2 saturated carbocycles. The molecule has 0 bridgehead atoms. The third kappa shape index (κ3) is 3.96. The normalized spacial score (nSPS) is 28.8. The molecular formula is C20H30O3S. The van der Waals surface area contributed by atoms with E-state index in [1.807, 2.05) is 12.1 Å². The van der Waals surface area contributed by atoms with Gasteiger partial charge in [-0.3, -0.25) is 0 Å². The molecule has 4 unspecified atom stereocenters. The lowest BCUT2D eigenvalue weighted by molar-refractivity contribution is 0.170. The maximum absolute atomic E-state index is 12.7. The van der Waals surface area contributed by atoms with E-state index in [4.69, 9.17) is 4.18 Å². The van der Waals surface area contributed by atoms with Gasteiger partial charge in [-0.05, 0) is 61.1 Å². The Morgan fingerprint density at radius 3 is 2.38 bits per heavy atom. The van der Waals surface area contributed by atoms with Crippen molar-refractivity contribution in [1.29, 1.82) is 0 Å². The molecule has 2 aliphatic rings. The van der Waals surface area contributed by atoms with Crippen LogP contribution in [0.5, 0.6) is 5.75 Å². The third-order valence-electron chi connectivity index (χ3n) is 6.17. The van der Waals surface area contributed by atoms with Crippen molar-refractivity contribution >= 4 is 10.1 Å². The molecule has 0 spiro atoms. The SMILES string of the molecule is CCC(C)c1ccc(OS(=O)(=O)C2CCC3CCCCC3C2)cc1. The minimum Gasteiger partial charge on any atom is -0.382 e. The lowest BCUT2D eigenvalue weighted by Crippen LogP contribution is -2.36. The summed E-state index contributed by atoms with van der Waals surface area (Å²) in [6.45, 7) is 4.33. The summed E-state index contributed by atoms with van der Waals surface area (Å²) in [5.41, 5.74) is 1.23. The Morgan fingerprint density at radius 1 is 1.04 bits per heavy atom. The molecule has 0 aliphatic heterocycles. The number of hydrogen-bond donors (Lipinski definition) is 0. The molecule has 0 heterocycles. The zero-order valence-electron chi connectivity index (χ0n) is 14.9. The van der Waals surface area contributed by atoms with E-state index in [2.05, 4.69) is 13.8 Å². The monoisotopic (exact) mass is 350 g/mol. The van der Waals surface area contributed by atoms with E-state index in [9.17, 15) is 8.42 Å². The highest BCUT2D eigenvalue weighted by atomic mass is 32.2. The van der Waals surface area contributed by atoms with Crippen molar-refractivity contribution in [3.63, 3.8) is 0 Å². The quantitative estimate of drug-likeness (QED) is 0.680. The van der Waals surface area contributed by atoms with Gasteiger partial charge in [0.2, 0.25) is 0 Å². The van der Waals surface area contributed by atoms with Crippen LogP contribution in [0.15, 0.2) is 24.3 Å². The zero-order valence-corrected chi connectivity index (χ0v) is 15.7. The Morgan fingerprint density at radius 2 is 1.71 bits per heavy atom. The second-order valence-electron chi connectivity index (χ2n) is 7.69. The van der Waals surface area contributed by atoms with E-state index in [1.165, 1.54) is 31.2 Å². The van der Waals surface area contributed by atoms with Crippen LogP contribution in [0.1, 0.15) is 76.7 Å². The van der Waals surface area contributed by atoms with Crippen LogP contribution in [0.25, 0.3) is 0 Å². The molecule has 1 aromatic rings. The first-order valence-corrected chi connectivity index (χ1v) is 11.0. The van der Waals surface area contributed by atoms with E-state index in [0.717, 1.165) is 31.6 Å². The van der Waals surface area contributed by atoms with Gasteiger partial charge in [-0.25, -0.2) is 0 Å². The average Bonchev–Trinajstić information content (AvgIpc) is 2.61. The predicted octanol–water partition coefficient (Wildman–Crippen LogP) is 5.27. The first-order valence-electron chi connectivity index (χ1n) is 9.53. The molecule has 4 heteroatoms. The fourth-order valence-corrected chi connectivity index (χ4v) is 5.81. The van der Waals surface area contributed by atoms with Crippen LogP contribution in [0.3, 0.4) is 0 Å². The minimum atomic E-state index is -3.53. The molecular weight excluding hydrogens is 320 g/mol. The van der Waals surface area contributed by atoms with Gasteiger partial charge in [0.05, 0.1) is 5.25 Å². The van der Waals surface area contributed by atoms with Crippen molar-refractivity contribution in [1.82, 2.24) is 0 Å². The van der Waals surface area contributed by atoms with Crippen molar-refractivity contribution in [3.05, 3.63) is 29.8 Å². The van der Waals surface area contributed by atoms with E-state index >= 15 is 0 Å². The fourth-order valence-electron chi connectivity index (χ4n) is 4.38. The lowest BCUT2D eigenvalue weighted by atomic mass is 9.71. The van der Waals surface area contributed by atoms with Crippen LogP contribution in [0.2, 0.25) is 0 Å². The number of fused-ring (bicyclic) bond motifs is 1. The number of hydrogen-bond acceptors (Lipinski definition) is 3. The van der Waals surface area contributed by atoms with Gasteiger partial charge in [0.1, 0.15) is 5.75 Å². The van der Waals surface area contributed by atoms with Gasteiger partial charge < -0.3 is 4.18 Å². The largest absolute Gasteiger partial charge is 0.382 e. The summed E-state index contributed by atoms with van der Waals surface area (Å²) in [6, 6.07) is 7.56. The highest BCUT2D eigenvalue weighted by molar-refractivity contribution is 7.87. The fraction of sp³-hybridized carbons (Fsp3) is 0.700. The van der Waals surface area contributed by atoms with Crippen LogP contribution < -0.4 is 4.18 Å². The summed E-state index contributed by atoms with van der Waals surface area (Å²) in [5, 5.41) is -0.328. The first kappa shape index (κ1) is 17.8. The Bertz CT molecular complexity index is 635. The van der Waals surface area contributed by atoms with Gasteiger partial charge >= 0.3 is 10.1 Å². The summed E-state index contributed by atoms with van der Waals surface area (Å²) in [5.74, 6) is 2.27. The molecule has 2 aliphatic carbocycles. The Balaban J connectivity index is 1.65.